The van der Waals surface area contributed by atoms with E-state index < -0.39 is 12.1 Å². The maximum atomic E-state index is 11.8. The van der Waals surface area contributed by atoms with Crippen molar-refractivity contribution in [1.29, 1.82) is 0 Å². The molecule has 0 spiro atoms. The fourth-order valence-electron chi connectivity index (χ4n) is 1.89. The summed E-state index contributed by atoms with van der Waals surface area (Å²) in [6.07, 6.45) is 2.83. The van der Waals surface area contributed by atoms with Crippen molar-refractivity contribution in [2.45, 2.75) is 31.9 Å². The monoisotopic (exact) mass is 278 g/mol. The van der Waals surface area contributed by atoms with E-state index in [0.29, 0.717) is 5.92 Å². The first-order valence-corrected chi connectivity index (χ1v) is 6.20. The minimum absolute atomic E-state index is 0.0321. The van der Waals surface area contributed by atoms with Crippen molar-refractivity contribution in [2.75, 3.05) is 13.1 Å². The van der Waals surface area contributed by atoms with Gasteiger partial charge >= 0.3 is 12.1 Å². The van der Waals surface area contributed by atoms with E-state index in [-0.39, 0.29) is 19.0 Å². The number of hydrogen-bond donors (Lipinski definition) is 2. The summed E-state index contributed by atoms with van der Waals surface area (Å²) in [5.74, 6) is -1.92. The number of rotatable bonds is 5. The van der Waals surface area contributed by atoms with Crippen LogP contribution >= 0.6 is 0 Å². The van der Waals surface area contributed by atoms with Gasteiger partial charge in [0.15, 0.2) is 0 Å². The molecule has 0 atom stereocenters. The number of carbonyl (C=O) groups excluding carboxylic acids is 2. The lowest BCUT2D eigenvalue weighted by atomic mass is 10.1. The van der Waals surface area contributed by atoms with Gasteiger partial charge in [-0.3, -0.25) is 9.59 Å². The topological polar surface area (TPSA) is 58.2 Å². The van der Waals surface area contributed by atoms with Gasteiger partial charge < -0.3 is 10.6 Å². The second-order valence-electron chi connectivity index (χ2n) is 4.45. The number of halogens is 3. The van der Waals surface area contributed by atoms with E-state index in [1.54, 1.807) is 5.32 Å². The molecule has 4 nitrogen and oxygen atoms in total. The fourth-order valence-corrected chi connectivity index (χ4v) is 1.89. The molecule has 2 amide bonds. The van der Waals surface area contributed by atoms with Crippen LogP contribution < -0.4 is 10.6 Å². The largest absolute Gasteiger partial charge is 0.471 e. The maximum Gasteiger partial charge on any atom is 0.471 e. The Kier molecular flexibility index (Phi) is 5.85. The smallest absolute Gasteiger partial charge is 0.351 e. The summed E-state index contributed by atoms with van der Waals surface area (Å²) >= 11 is 0. The van der Waals surface area contributed by atoms with E-state index in [1.807, 2.05) is 6.08 Å². The van der Waals surface area contributed by atoms with Crippen molar-refractivity contribution in [3.05, 3.63) is 12.2 Å². The molecule has 1 rings (SSSR count). The Labute approximate surface area is 109 Å². The van der Waals surface area contributed by atoms with Crippen LogP contribution in [0, 0.1) is 5.92 Å². The van der Waals surface area contributed by atoms with Crippen molar-refractivity contribution in [1.82, 2.24) is 10.6 Å². The summed E-state index contributed by atoms with van der Waals surface area (Å²) in [6, 6.07) is 0. The molecule has 1 aliphatic carbocycles. The number of carbonyl (C=O) groups is 2. The van der Waals surface area contributed by atoms with Gasteiger partial charge in [0.1, 0.15) is 0 Å². The lowest BCUT2D eigenvalue weighted by molar-refractivity contribution is -0.173. The Morgan fingerprint density at radius 1 is 1.11 bits per heavy atom. The van der Waals surface area contributed by atoms with E-state index in [1.165, 1.54) is 18.9 Å². The van der Waals surface area contributed by atoms with Gasteiger partial charge in [-0.2, -0.15) is 13.2 Å². The highest BCUT2D eigenvalue weighted by Crippen LogP contribution is 2.25. The summed E-state index contributed by atoms with van der Waals surface area (Å²) in [6.45, 7) is -0.281. The molecule has 0 heterocycles. The van der Waals surface area contributed by atoms with Crippen molar-refractivity contribution in [2.24, 2.45) is 5.92 Å². The van der Waals surface area contributed by atoms with Gasteiger partial charge in [-0.25, -0.2) is 0 Å². The predicted molar refractivity (Wildman–Crippen MR) is 63.2 cm³/mol. The SMILES string of the molecule is O=C(/C=C/C1CCCC1)NCCNC(=O)C(F)(F)F. The molecule has 0 bridgehead atoms. The molecule has 1 fully saturated rings. The molecule has 1 saturated carbocycles. The van der Waals surface area contributed by atoms with Gasteiger partial charge in [0.05, 0.1) is 0 Å². The average Bonchev–Trinajstić information content (AvgIpc) is 2.83. The molecule has 0 aromatic carbocycles. The number of nitrogens with one attached hydrogen (secondary N) is 2. The molecule has 0 radical (unpaired) electrons. The third kappa shape index (κ3) is 6.26. The fraction of sp³-hybridized carbons (Fsp3) is 0.667. The summed E-state index contributed by atoms with van der Waals surface area (Å²) in [5.41, 5.74) is 0. The van der Waals surface area contributed by atoms with Crippen LogP contribution in [-0.4, -0.2) is 31.1 Å². The Morgan fingerprint density at radius 2 is 1.68 bits per heavy atom. The van der Waals surface area contributed by atoms with Gasteiger partial charge in [0.25, 0.3) is 0 Å². The molecular formula is C12H17F3N2O2. The van der Waals surface area contributed by atoms with Crippen LogP contribution in [0.2, 0.25) is 0 Å². The van der Waals surface area contributed by atoms with Crippen molar-refractivity contribution in [3.8, 4) is 0 Å². The summed E-state index contributed by atoms with van der Waals surface area (Å²) in [4.78, 5) is 21.8. The van der Waals surface area contributed by atoms with Crippen LogP contribution in [0.1, 0.15) is 25.7 Å². The van der Waals surface area contributed by atoms with Crippen LogP contribution in [0.15, 0.2) is 12.2 Å². The van der Waals surface area contributed by atoms with Gasteiger partial charge in [-0.15, -0.1) is 0 Å². The van der Waals surface area contributed by atoms with Gasteiger partial charge in [-0.1, -0.05) is 18.9 Å². The van der Waals surface area contributed by atoms with Crippen molar-refractivity contribution in [3.63, 3.8) is 0 Å². The Bertz CT molecular complexity index is 347. The molecule has 0 aliphatic heterocycles. The molecular weight excluding hydrogens is 261 g/mol. The van der Waals surface area contributed by atoms with Gasteiger partial charge in [-0.05, 0) is 24.8 Å². The molecule has 0 saturated heterocycles. The predicted octanol–water partition coefficient (Wildman–Crippen LogP) is 1.53. The van der Waals surface area contributed by atoms with Gasteiger partial charge in [0, 0.05) is 13.1 Å². The lowest BCUT2D eigenvalue weighted by Crippen LogP contribution is -2.40. The third-order valence-corrected chi connectivity index (χ3v) is 2.89. The average molecular weight is 278 g/mol. The molecule has 108 valence electrons. The highest BCUT2D eigenvalue weighted by Gasteiger charge is 2.38. The number of amides is 2. The molecule has 1 aliphatic rings. The minimum Gasteiger partial charge on any atom is -0.351 e. The number of allylic oxidation sites excluding steroid dienone is 1. The van der Waals surface area contributed by atoms with Crippen molar-refractivity contribution < 1.29 is 22.8 Å². The normalized spacial score (nSPS) is 16.8. The Morgan fingerprint density at radius 3 is 2.26 bits per heavy atom. The molecule has 0 aromatic heterocycles. The number of alkyl halides is 3. The molecule has 7 heteroatoms. The highest BCUT2D eigenvalue weighted by atomic mass is 19.4. The third-order valence-electron chi connectivity index (χ3n) is 2.89. The summed E-state index contributed by atoms with van der Waals surface area (Å²) in [5, 5.41) is 4.08. The first kappa shape index (κ1) is 15.5. The highest BCUT2D eigenvalue weighted by molar-refractivity contribution is 5.87. The van der Waals surface area contributed by atoms with Crippen LogP contribution in [0.25, 0.3) is 0 Å². The Hall–Kier alpha value is -1.53. The second-order valence-corrected chi connectivity index (χ2v) is 4.45. The lowest BCUT2D eigenvalue weighted by Gasteiger charge is -2.08. The van der Waals surface area contributed by atoms with Crippen LogP contribution in [0.3, 0.4) is 0 Å². The zero-order chi connectivity index (χ0) is 14.3. The molecule has 0 aromatic rings. The van der Waals surface area contributed by atoms with Crippen molar-refractivity contribution >= 4 is 11.8 Å². The summed E-state index contributed by atoms with van der Waals surface area (Å²) < 4.78 is 35.5. The zero-order valence-electron chi connectivity index (χ0n) is 10.4. The van der Waals surface area contributed by atoms with Crippen LogP contribution in [0.4, 0.5) is 13.2 Å². The van der Waals surface area contributed by atoms with E-state index in [0.717, 1.165) is 12.8 Å². The molecule has 0 unspecified atom stereocenters. The van der Waals surface area contributed by atoms with E-state index in [4.69, 9.17) is 0 Å². The van der Waals surface area contributed by atoms with Crippen LogP contribution in [-0.2, 0) is 9.59 Å². The number of hydrogen-bond acceptors (Lipinski definition) is 2. The van der Waals surface area contributed by atoms with E-state index in [9.17, 15) is 22.8 Å². The first-order chi connectivity index (χ1) is 8.89. The quantitative estimate of drug-likeness (QED) is 0.592. The standard InChI is InChI=1S/C12H17F3N2O2/c13-12(14,15)11(19)17-8-7-16-10(18)6-5-9-3-1-2-4-9/h5-6,9H,1-4,7-8H2,(H,16,18)(H,17,19)/b6-5+. The maximum absolute atomic E-state index is 11.8. The molecule has 19 heavy (non-hydrogen) atoms. The Balaban J connectivity index is 2.12. The van der Waals surface area contributed by atoms with Crippen LogP contribution in [0.5, 0.6) is 0 Å². The first-order valence-electron chi connectivity index (χ1n) is 6.20. The second kappa shape index (κ2) is 7.16. The van der Waals surface area contributed by atoms with E-state index >= 15 is 0 Å². The zero-order valence-corrected chi connectivity index (χ0v) is 10.4. The van der Waals surface area contributed by atoms with Gasteiger partial charge in [0.2, 0.25) is 5.91 Å². The summed E-state index contributed by atoms with van der Waals surface area (Å²) in [7, 11) is 0. The van der Waals surface area contributed by atoms with E-state index in [2.05, 4.69) is 5.32 Å². The minimum atomic E-state index is -4.88. The molecule has 2 N–H and O–H groups in total.